The van der Waals surface area contributed by atoms with E-state index in [2.05, 4.69) is 59.5 Å². The molecule has 0 fully saturated rings. The Labute approximate surface area is 381 Å². The van der Waals surface area contributed by atoms with Gasteiger partial charge in [-0.15, -0.1) is 0 Å². The van der Waals surface area contributed by atoms with Crippen molar-refractivity contribution in [2.45, 2.75) is 5.41 Å². The molecule has 0 N–H and O–H groups in total. The van der Waals surface area contributed by atoms with Gasteiger partial charge >= 0.3 is 0 Å². The summed E-state index contributed by atoms with van der Waals surface area (Å²) in [7, 11) is 0. The normalized spacial score (nSPS) is 14.0. The Morgan fingerprint density at radius 3 is 1.14 bits per heavy atom. The van der Waals surface area contributed by atoms with Crippen molar-refractivity contribution < 1.29 is 11.0 Å². The van der Waals surface area contributed by atoms with Crippen molar-refractivity contribution in [3.05, 3.63) is 289 Å². The van der Waals surface area contributed by atoms with Crippen molar-refractivity contribution in [2.75, 3.05) is 9.80 Å². The second-order valence-corrected chi connectivity index (χ2v) is 15.5. The fraction of sp³-hybridized carbons (Fsp3) is 0.0164. The highest BCUT2D eigenvalue weighted by molar-refractivity contribution is 5.90. The zero-order valence-corrected chi connectivity index (χ0v) is 34.2. The Balaban J connectivity index is 1.05. The van der Waals surface area contributed by atoms with Crippen molar-refractivity contribution in [1.29, 1.82) is 0 Å². The molecule has 0 saturated carbocycles. The van der Waals surface area contributed by atoms with Crippen LogP contribution >= 0.6 is 0 Å². The topological polar surface area (TPSA) is 6.48 Å². The zero-order chi connectivity index (χ0) is 49.0. The maximum atomic E-state index is 9.71. The third-order valence-electron chi connectivity index (χ3n) is 11.9. The molecule has 0 atom stereocenters. The minimum atomic E-state index is -0.749. The van der Waals surface area contributed by atoms with Crippen LogP contribution in [-0.2, 0) is 5.41 Å². The highest BCUT2D eigenvalue weighted by Crippen LogP contribution is 2.57. The maximum Gasteiger partial charge on any atom is 0.0714 e. The van der Waals surface area contributed by atoms with Gasteiger partial charge in [0.1, 0.15) is 0 Å². The average molecular weight is 813 g/mol. The Bertz CT molecular complexity index is 3480. The van der Waals surface area contributed by atoms with Crippen LogP contribution in [-0.4, -0.2) is 0 Å². The predicted molar refractivity (Wildman–Crippen MR) is 264 cm³/mol. The molecular formula is C61H44N2. The van der Waals surface area contributed by atoms with Gasteiger partial charge in [-0.2, -0.15) is 0 Å². The number of hydrogen-bond acceptors (Lipinski definition) is 2. The molecule has 11 rings (SSSR count). The molecular weight excluding hydrogens is 761 g/mol. The molecule has 0 radical (unpaired) electrons. The molecule has 0 spiro atoms. The summed E-state index contributed by atoms with van der Waals surface area (Å²) in [6.45, 7) is 0. The summed E-state index contributed by atoms with van der Waals surface area (Å²) in [5.41, 5.74) is 9.36. The van der Waals surface area contributed by atoms with Crippen LogP contribution in [0.4, 0.5) is 34.1 Å². The van der Waals surface area contributed by atoms with E-state index in [1.165, 1.54) is 0 Å². The number of hydrogen-bond donors (Lipinski definition) is 0. The highest BCUT2D eigenvalue weighted by Gasteiger charge is 2.46. The van der Waals surface area contributed by atoms with Gasteiger partial charge < -0.3 is 9.80 Å². The number of para-hydroxylation sites is 3. The molecule has 298 valence electrons. The predicted octanol–water partition coefficient (Wildman–Crippen LogP) is 16.3. The van der Waals surface area contributed by atoms with Gasteiger partial charge in [0.2, 0.25) is 0 Å². The molecule has 0 aliphatic heterocycles. The van der Waals surface area contributed by atoms with E-state index in [0.29, 0.717) is 16.9 Å². The van der Waals surface area contributed by atoms with E-state index in [1.54, 1.807) is 17.0 Å². The van der Waals surface area contributed by atoms with E-state index >= 15 is 0 Å². The van der Waals surface area contributed by atoms with Crippen LogP contribution in [0.2, 0.25) is 0 Å². The molecule has 0 amide bonds. The van der Waals surface area contributed by atoms with Crippen molar-refractivity contribution in [3.8, 4) is 33.4 Å². The molecule has 0 aromatic heterocycles. The summed E-state index contributed by atoms with van der Waals surface area (Å²) in [6, 6.07) is 68.2. The van der Waals surface area contributed by atoms with Gasteiger partial charge in [-0.05, 0) is 128 Å². The second-order valence-electron chi connectivity index (χ2n) is 15.5. The van der Waals surface area contributed by atoms with E-state index in [-0.39, 0.29) is 34.5 Å². The van der Waals surface area contributed by atoms with Crippen molar-refractivity contribution >= 4 is 34.1 Å². The summed E-state index contributed by atoms with van der Waals surface area (Å²) in [5, 5.41) is 0. The molecule has 0 heterocycles. The molecule has 2 heteroatoms. The minimum absolute atomic E-state index is 0.0255. The van der Waals surface area contributed by atoms with Gasteiger partial charge in [0.05, 0.1) is 16.4 Å². The second kappa shape index (κ2) is 16.3. The van der Waals surface area contributed by atoms with E-state index < -0.39 is 41.7 Å². The fourth-order valence-electron chi connectivity index (χ4n) is 9.06. The Morgan fingerprint density at radius 2 is 0.635 bits per heavy atom. The van der Waals surface area contributed by atoms with E-state index in [0.717, 1.165) is 50.4 Å². The van der Waals surface area contributed by atoms with Crippen LogP contribution in [0.25, 0.3) is 33.4 Å². The van der Waals surface area contributed by atoms with Crippen LogP contribution in [0.3, 0.4) is 0 Å². The minimum Gasteiger partial charge on any atom is -0.311 e. The smallest absolute Gasteiger partial charge is 0.0714 e. The first-order chi connectivity index (χ1) is 34.6. The van der Waals surface area contributed by atoms with Crippen LogP contribution in [0.5, 0.6) is 0 Å². The summed E-state index contributed by atoms with van der Waals surface area (Å²) in [5.74, 6) is 0. The summed E-state index contributed by atoms with van der Waals surface area (Å²) in [4.78, 5) is 3.83. The lowest BCUT2D eigenvalue weighted by Crippen LogP contribution is -2.28. The molecule has 63 heavy (non-hydrogen) atoms. The number of fused-ring (bicyclic) bond motifs is 3. The number of rotatable bonds is 10. The highest BCUT2D eigenvalue weighted by atomic mass is 15.1. The number of benzene rings is 10. The van der Waals surface area contributed by atoms with E-state index in [4.69, 9.17) is 0 Å². The SMILES string of the molecule is [2H]c1c([2H])c(-c2c([2H])c([2H])c(N(c3ccccc3)c3ccc4c(c3)C(c3ccccc3)(c3ccccc3)c3ccccc3-4)c([2H])c2[2H])c([2H])c([2H])c1-c1ccc(N(c2ccccc2)c2ccccc2)cc1. The quantitative estimate of drug-likeness (QED) is 0.136. The van der Waals surface area contributed by atoms with Gasteiger partial charge in [-0.25, -0.2) is 0 Å². The van der Waals surface area contributed by atoms with Crippen molar-refractivity contribution in [1.82, 2.24) is 0 Å². The van der Waals surface area contributed by atoms with Gasteiger partial charge in [0, 0.05) is 34.1 Å². The van der Waals surface area contributed by atoms with Gasteiger partial charge in [-0.3, -0.25) is 0 Å². The first-order valence-electron chi connectivity index (χ1n) is 25.0. The fourth-order valence-corrected chi connectivity index (χ4v) is 9.06. The number of nitrogens with zero attached hydrogens (tertiary/aromatic N) is 2. The maximum absolute atomic E-state index is 9.71. The third kappa shape index (κ3) is 6.79. The van der Waals surface area contributed by atoms with Crippen LogP contribution < -0.4 is 9.80 Å². The van der Waals surface area contributed by atoms with Gasteiger partial charge in [0.15, 0.2) is 0 Å². The van der Waals surface area contributed by atoms with E-state index in [1.807, 2.05) is 152 Å². The lowest BCUT2D eigenvalue weighted by molar-refractivity contribution is 0.768. The summed E-state index contributed by atoms with van der Waals surface area (Å²) >= 11 is 0. The Morgan fingerprint density at radius 1 is 0.270 bits per heavy atom. The first-order valence-corrected chi connectivity index (χ1v) is 21.0. The molecule has 10 aromatic rings. The largest absolute Gasteiger partial charge is 0.311 e. The van der Waals surface area contributed by atoms with Crippen LogP contribution in [0.1, 0.15) is 33.2 Å². The Kier molecular flexibility index (Phi) is 7.76. The van der Waals surface area contributed by atoms with Crippen LogP contribution in [0, 0.1) is 0 Å². The summed E-state index contributed by atoms with van der Waals surface area (Å²) in [6.07, 6.45) is 0. The van der Waals surface area contributed by atoms with E-state index in [9.17, 15) is 11.0 Å². The lowest BCUT2D eigenvalue weighted by Gasteiger charge is -2.35. The monoisotopic (exact) mass is 812 g/mol. The lowest BCUT2D eigenvalue weighted by atomic mass is 9.67. The van der Waals surface area contributed by atoms with Crippen molar-refractivity contribution in [3.63, 3.8) is 0 Å². The average Bonchev–Trinajstić information content (AvgIpc) is 3.72. The summed E-state index contributed by atoms with van der Waals surface area (Å²) < 4.78 is 75.8. The third-order valence-corrected chi connectivity index (χ3v) is 11.9. The van der Waals surface area contributed by atoms with Crippen molar-refractivity contribution in [2.24, 2.45) is 0 Å². The molecule has 1 aliphatic rings. The van der Waals surface area contributed by atoms with Gasteiger partial charge in [0.25, 0.3) is 0 Å². The molecule has 0 saturated heterocycles. The molecule has 0 unspecified atom stereocenters. The molecule has 2 nitrogen and oxygen atoms in total. The number of anilines is 6. The van der Waals surface area contributed by atoms with Gasteiger partial charge in [-0.1, -0.05) is 194 Å². The first kappa shape index (κ1) is 29.9. The standard InChI is InChI=1S/C61H44N2/c1-6-18-49(19-7-1)61(50-20-8-2-9-21-50)59-29-17-16-28-57(59)58-43-42-56(44-60(58)61)63(53-26-14-5-15-27-53)55-40-36-48(37-41-55)46-32-30-45(31-33-46)47-34-38-54(39-35-47)62(51-22-10-3-11-23-51)52-24-12-4-13-25-52/h1-44H/i30D,31D,32D,33D,36D,37D,40D,41D. The van der Waals surface area contributed by atoms with Crippen LogP contribution in [0.15, 0.2) is 267 Å². The zero-order valence-electron chi connectivity index (χ0n) is 42.2. The molecule has 10 aromatic carbocycles. The molecule has 0 bridgehead atoms. The Hall–Kier alpha value is -8.20. The molecule has 1 aliphatic carbocycles.